The summed E-state index contributed by atoms with van der Waals surface area (Å²) in [6.07, 6.45) is 3.56. The molecule has 0 saturated heterocycles. The predicted octanol–water partition coefficient (Wildman–Crippen LogP) is 1.53. The van der Waals surface area contributed by atoms with Crippen LogP contribution in [0.3, 0.4) is 0 Å². The molecule has 0 aromatic carbocycles. The Hall–Kier alpha value is -1.98. The van der Waals surface area contributed by atoms with E-state index in [0.717, 1.165) is 19.3 Å². The summed E-state index contributed by atoms with van der Waals surface area (Å²) < 4.78 is 5.46. The minimum absolute atomic E-state index is 0.0814. The number of carbonyl (C=O) groups excluding carboxylic acids is 1. The number of aromatic nitrogens is 1. The first-order valence-electron chi connectivity index (χ1n) is 7.11. The fraction of sp³-hybridized carbons (Fsp3) is 0.571. The number of amides is 1. The second-order valence-electron chi connectivity index (χ2n) is 4.96. The fourth-order valence-corrected chi connectivity index (χ4v) is 1.70. The van der Waals surface area contributed by atoms with Crippen molar-refractivity contribution in [3.8, 4) is 5.88 Å². The van der Waals surface area contributed by atoms with Gasteiger partial charge in [-0.05, 0) is 31.4 Å². The van der Waals surface area contributed by atoms with Crippen LogP contribution in [-0.4, -0.2) is 30.1 Å². The maximum Gasteiger partial charge on any atom is 0.239 e. The van der Waals surface area contributed by atoms with Gasteiger partial charge in [-0.3, -0.25) is 4.79 Å². The Morgan fingerprint density at radius 1 is 1.50 bits per heavy atom. The summed E-state index contributed by atoms with van der Waals surface area (Å²) in [6, 6.07) is 3.95. The van der Waals surface area contributed by atoms with Crippen molar-refractivity contribution in [2.75, 3.05) is 24.2 Å². The van der Waals surface area contributed by atoms with E-state index in [2.05, 4.69) is 15.6 Å². The van der Waals surface area contributed by atoms with Crippen molar-refractivity contribution in [1.82, 2.24) is 10.3 Å². The van der Waals surface area contributed by atoms with Gasteiger partial charge in [0.15, 0.2) is 0 Å². The number of nitrogens with two attached hydrogens (primary N) is 1. The highest BCUT2D eigenvalue weighted by molar-refractivity contribution is 5.77. The lowest BCUT2D eigenvalue weighted by Gasteiger charge is -2.10. The zero-order valence-corrected chi connectivity index (χ0v) is 11.8. The van der Waals surface area contributed by atoms with Gasteiger partial charge in [0.05, 0.1) is 12.3 Å². The molecule has 4 N–H and O–H groups in total. The average molecular weight is 278 g/mol. The molecule has 0 radical (unpaired) electrons. The summed E-state index contributed by atoms with van der Waals surface area (Å²) in [5.74, 6) is 1.20. The summed E-state index contributed by atoms with van der Waals surface area (Å²) >= 11 is 0. The highest BCUT2D eigenvalue weighted by Crippen LogP contribution is 2.21. The number of hydrogen-bond donors (Lipinski definition) is 3. The molecule has 1 saturated carbocycles. The summed E-state index contributed by atoms with van der Waals surface area (Å²) in [5.41, 5.74) is 6.31. The molecule has 1 aromatic heterocycles. The van der Waals surface area contributed by atoms with Gasteiger partial charge < -0.3 is 21.1 Å². The van der Waals surface area contributed by atoms with Crippen molar-refractivity contribution in [1.29, 1.82) is 0 Å². The van der Waals surface area contributed by atoms with Crippen molar-refractivity contribution in [2.45, 2.75) is 38.6 Å². The van der Waals surface area contributed by atoms with Crippen LogP contribution in [0.1, 0.15) is 32.6 Å². The van der Waals surface area contributed by atoms with E-state index in [4.69, 9.17) is 10.5 Å². The Morgan fingerprint density at radius 2 is 2.30 bits per heavy atom. The molecule has 6 heteroatoms. The summed E-state index contributed by atoms with van der Waals surface area (Å²) in [4.78, 5) is 15.8. The molecular formula is C14H22N4O2. The molecule has 1 heterocycles. The molecule has 0 spiro atoms. The van der Waals surface area contributed by atoms with E-state index in [-0.39, 0.29) is 5.91 Å². The molecule has 20 heavy (non-hydrogen) atoms. The third-order valence-corrected chi connectivity index (χ3v) is 2.93. The Labute approximate surface area is 119 Å². The lowest BCUT2D eigenvalue weighted by atomic mass is 10.3. The number of nitrogen functional groups attached to an aromatic ring is 1. The summed E-state index contributed by atoms with van der Waals surface area (Å²) in [6.45, 7) is 3.16. The van der Waals surface area contributed by atoms with E-state index in [0.29, 0.717) is 43.0 Å². The van der Waals surface area contributed by atoms with Gasteiger partial charge in [0.25, 0.3) is 0 Å². The van der Waals surface area contributed by atoms with E-state index >= 15 is 0 Å². The van der Waals surface area contributed by atoms with E-state index in [1.54, 1.807) is 12.1 Å². The normalized spacial score (nSPS) is 13.8. The van der Waals surface area contributed by atoms with E-state index in [1.165, 1.54) is 0 Å². The second kappa shape index (κ2) is 6.98. The van der Waals surface area contributed by atoms with Gasteiger partial charge in [0.2, 0.25) is 11.8 Å². The van der Waals surface area contributed by atoms with Crippen LogP contribution in [0.15, 0.2) is 12.1 Å². The molecule has 1 aromatic rings. The molecule has 2 rings (SSSR count). The lowest BCUT2D eigenvalue weighted by Crippen LogP contribution is -2.27. The number of nitrogens with one attached hydrogen (secondary N) is 2. The number of hydrogen-bond acceptors (Lipinski definition) is 5. The number of nitrogens with zero attached hydrogens (tertiary/aromatic N) is 1. The summed E-state index contributed by atoms with van der Waals surface area (Å²) in [5, 5.41) is 6.05. The number of rotatable bonds is 8. The van der Waals surface area contributed by atoms with Crippen LogP contribution in [0, 0.1) is 0 Å². The third-order valence-electron chi connectivity index (χ3n) is 2.93. The Morgan fingerprint density at radius 3 is 3.00 bits per heavy atom. The smallest absolute Gasteiger partial charge is 0.239 e. The monoisotopic (exact) mass is 278 g/mol. The molecule has 0 unspecified atom stereocenters. The lowest BCUT2D eigenvalue weighted by molar-refractivity contribution is -0.120. The van der Waals surface area contributed by atoms with Crippen molar-refractivity contribution >= 4 is 17.4 Å². The first kappa shape index (κ1) is 14.4. The van der Waals surface area contributed by atoms with Crippen LogP contribution in [-0.2, 0) is 4.79 Å². The average Bonchev–Trinajstić information content (AvgIpc) is 3.23. The third kappa shape index (κ3) is 4.60. The largest absolute Gasteiger partial charge is 0.476 e. The van der Waals surface area contributed by atoms with Gasteiger partial charge in [0.1, 0.15) is 5.82 Å². The number of carbonyl (C=O) groups is 1. The van der Waals surface area contributed by atoms with Crippen LogP contribution in [0.5, 0.6) is 5.88 Å². The SMILES string of the molecule is CCCOc1nc(NCCC(=O)NC2CC2)ccc1N. The Kier molecular flexibility index (Phi) is 5.03. The van der Waals surface area contributed by atoms with Gasteiger partial charge in [-0.2, -0.15) is 4.98 Å². The van der Waals surface area contributed by atoms with Gasteiger partial charge in [0, 0.05) is 19.0 Å². The Balaban J connectivity index is 1.77. The van der Waals surface area contributed by atoms with Crippen LogP contribution < -0.4 is 21.1 Å². The van der Waals surface area contributed by atoms with E-state index in [1.807, 2.05) is 6.92 Å². The van der Waals surface area contributed by atoms with Crippen molar-refractivity contribution < 1.29 is 9.53 Å². The second-order valence-corrected chi connectivity index (χ2v) is 4.96. The van der Waals surface area contributed by atoms with Crippen molar-refractivity contribution in [3.05, 3.63) is 12.1 Å². The maximum atomic E-state index is 11.5. The van der Waals surface area contributed by atoms with Crippen LogP contribution in [0.2, 0.25) is 0 Å². The highest BCUT2D eigenvalue weighted by Gasteiger charge is 2.22. The zero-order valence-electron chi connectivity index (χ0n) is 11.8. The molecule has 1 amide bonds. The van der Waals surface area contributed by atoms with E-state index < -0.39 is 0 Å². The number of anilines is 2. The molecule has 1 fully saturated rings. The molecule has 0 aliphatic heterocycles. The number of pyridine rings is 1. The first-order valence-corrected chi connectivity index (χ1v) is 7.11. The maximum absolute atomic E-state index is 11.5. The zero-order chi connectivity index (χ0) is 14.4. The Bertz CT molecular complexity index is 460. The molecule has 1 aliphatic carbocycles. The molecule has 0 bridgehead atoms. The van der Waals surface area contributed by atoms with Crippen LogP contribution >= 0.6 is 0 Å². The molecule has 110 valence electrons. The van der Waals surface area contributed by atoms with Crippen molar-refractivity contribution in [2.24, 2.45) is 0 Å². The van der Waals surface area contributed by atoms with Crippen molar-refractivity contribution in [3.63, 3.8) is 0 Å². The van der Waals surface area contributed by atoms with Crippen LogP contribution in [0.25, 0.3) is 0 Å². The molecule has 6 nitrogen and oxygen atoms in total. The quantitative estimate of drug-likeness (QED) is 0.671. The molecule has 1 aliphatic rings. The molecular weight excluding hydrogens is 256 g/mol. The van der Waals surface area contributed by atoms with Gasteiger partial charge >= 0.3 is 0 Å². The molecule has 0 atom stereocenters. The predicted molar refractivity (Wildman–Crippen MR) is 78.7 cm³/mol. The topological polar surface area (TPSA) is 89.3 Å². The minimum atomic E-state index is 0.0814. The standard InChI is InChI=1S/C14H22N4O2/c1-2-9-20-14-11(15)5-6-12(18-14)16-8-7-13(19)17-10-3-4-10/h5-6,10H,2-4,7-9,15H2,1H3,(H,16,18)(H,17,19). The fourth-order valence-electron chi connectivity index (χ4n) is 1.70. The minimum Gasteiger partial charge on any atom is -0.476 e. The van der Waals surface area contributed by atoms with Gasteiger partial charge in [-0.1, -0.05) is 6.92 Å². The van der Waals surface area contributed by atoms with Gasteiger partial charge in [-0.15, -0.1) is 0 Å². The van der Waals surface area contributed by atoms with Gasteiger partial charge in [-0.25, -0.2) is 0 Å². The first-order chi connectivity index (χ1) is 9.69. The highest BCUT2D eigenvalue weighted by atomic mass is 16.5. The van der Waals surface area contributed by atoms with E-state index in [9.17, 15) is 4.79 Å². The summed E-state index contributed by atoms with van der Waals surface area (Å²) in [7, 11) is 0. The number of ether oxygens (including phenoxy) is 1. The van der Waals surface area contributed by atoms with Crippen LogP contribution in [0.4, 0.5) is 11.5 Å².